The number of carbonyl (C=O) groups is 3. The number of nitrogens with one attached hydrogen (secondary N) is 1. The minimum atomic E-state index is -1.13. The van der Waals surface area contributed by atoms with Gasteiger partial charge in [-0.1, -0.05) is 60.7 Å². The normalized spacial score (nSPS) is 16.6. The van der Waals surface area contributed by atoms with Gasteiger partial charge in [0.15, 0.2) is 0 Å². The molecule has 0 radical (unpaired) electrons. The minimum absolute atomic E-state index is 0. The quantitative estimate of drug-likeness (QED) is 0.497. The molecule has 0 saturated carbocycles. The summed E-state index contributed by atoms with van der Waals surface area (Å²) in [6.07, 6.45) is 3.32. The molecule has 1 spiro atoms. The molecule has 0 aromatic heterocycles. The average molecular weight is 542 g/mol. The van der Waals surface area contributed by atoms with Crippen LogP contribution in [0.3, 0.4) is 0 Å². The van der Waals surface area contributed by atoms with Gasteiger partial charge in [0.05, 0.1) is 31.4 Å². The second kappa shape index (κ2) is 12.1. The van der Waals surface area contributed by atoms with Crippen LogP contribution >= 0.6 is 12.4 Å². The Balaban J connectivity index is 0.00000400. The van der Waals surface area contributed by atoms with Gasteiger partial charge in [-0.2, -0.15) is 0 Å². The first-order valence-corrected chi connectivity index (χ1v) is 12.6. The van der Waals surface area contributed by atoms with Gasteiger partial charge in [0, 0.05) is 18.5 Å². The third kappa shape index (κ3) is 6.26. The lowest BCUT2D eigenvalue weighted by Gasteiger charge is -2.40. The number of halogens is 1. The van der Waals surface area contributed by atoms with E-state index in [0.29, 0.717) is 38.1 Å². The number of allylic oxidation sites excluding steroid dienone is 1. The summed E-state index contributed by atoms with van der Waals surface area (Å²) in [5.74, 6) is -0.979. The Morgan fingerprint density at radius 3 is 2.32 bits per heavy atom. The fourth-order valence-corrected chi connectivity index (χ4v) is 5.01. The molecule has 4 rings (SSSR count). The highest BCUT2D eigenvalue weighted by Gasteiger charge is 2.44. The molecule has 3 N–H and O–H groups in total. The maximum absolute atomic E-state index is 13.6. The van der Waals surface area contributed by atoms with Crippen molar-refractivity contribution in [1.82, 2.24) is 10.2 Å². The molecule has 1 heterocycles. The summed E-state index contributed by atoms with van der Waals surface area (Å²) >= 11 is 0. The summed E-state index contributed by atoms with van der Waals surface area (Å²) in [7, 11) is 1.38. The summed E-state index contributed by atoms with van der Waals surface area (Å²) in [4.78, 5) is 40.4. The first-order chi connectivity index (χ1) is 17.6. The molecule has 38 heavy (non-hydrogen) atoms. The Morgan fingerprint density at radius 2 is 1.68 bits per heavy atom. The van der Waals surface area contributed by atoms with Crippen LogP contribution in [0.5, 0.6) is 0 Å². The number of carbonyl (C=O) groups excluding carboxylic acids is 3. The number of piperidine rings is 1. The predicted octanol–water partition coefficient (Wildman–Crippen LogP) is 2.98. The van der Waals surface area contributed by atoms with Crippen LogP contribution < -0.4 is 11.1 Å². The molecule has 1 atom stereocenters. The molecule has 0 bridgehead atoms. The summed E-state index contributed by atoms with van der Waals surface area (Å²) in [6, 6.07) is 16.7. The van der Waals surface area contributed by atoms with Crippen LogP contribution in [0.25, 0.3) is 5.57 Å². The van der Waals surface area contributed by atoms with Crippen molar-refractivity contribution in [2.75, 3.05) is 26.8 Å². The van der Waals surface area contributed by atoms with Crippen LogP contribution in [0.1, 0.15) is 43.4 Å². The van der Waals surface area contributed by atoms with Crippen molar-refractivity contribution < 1.29 is 23.9 Å². The van der Waals surface area contributed by atoms with Crippen LogP contribution in [-0.4, -0.2) is 61.1 Å². The van der Waals surface area contributed by atoms with Crippen LogP contribution in [0, 0.1) is 0 Å². The molecule has 1 unspecified atom stereocenters. The Hall–Kier alpha value is -3.20. The van der Waals surface area contributed by atoms with E-state index in [1.807, 2.05) is 60.7 Å². The Kier molecular flexibility index (Phi) is 9.35. The maximum atomic E-state index is 13.6. The van der Waals surface area contributed by atoms with Crippen molar-refractivity contribution in [2.45, 2.75) is 50.3 Å². The number of hydrogen-bond donors (Lipinski definition) is 2. The van der Waals surface area contributed by atoms with E-state index in [-0.39, 0.29) is 36.3 Å². The summed E-state index contributed by atoms with van der Waals surface area (Å²) in [5, 5.41) is 2.79. The Labute approximate surface area is 230 Å². The fourth-order valence-electron chi connectivity index (χ4n) is 5.01. The zero-order valence-corrected chi connectivity index (χ0v) is 22.9. The molecular formula is C29H36ClN3O5. The fraction of sp³-hybridized carbons (Fsp3) is 0.414. The first-order valence-electron chi connectivity index (χ1n) is 12.6. The molecule has 2 aliphatic rings. The summed E-state index contributed by atoms with van der Waals surface area (Å²) < 4.78 is 10.8. The van der Waals surface area contributed by atoms with Crippen LogP contribution in [0.2, 0.25) is 0 Å². The molecule has 2 amide bonds. The van der Waals surface area contributed by atoms with Crippen molar-refractivity contribution in [2.24, 2.45) is 5.73 Å². The predicted molar refractivity (Wildman–Crippen MR) is 147 cm³/mol. The molecule has 204 valence electrons. The molecule has 1 aliphatic heterocycles. The number of esters is 1. The van der Waals surface area contributed by atoms with Crippen LogP contribution in [0.4, 0.5) is 0 Å². The van der Waals surface area contributed by atoms with Crippen molar-refractivity contribution >= 4 is 35.8 Å². The van der Waals surface area contributed by atoms with Crippen LogP contribution in [-0.2, 0) is 35.9 Å². The molecule has 8 nitrogen and oxygen atoms in total. The molecule has 9 heteroatoms. The van der Waals surface area contributed by atoms with Gasteiger partial charge in [-0.3, -0.25) is 9.59 Å². The van der Waals surface area contributed by atoms with E-state index in [1.165, 1.54) is 7.11 Å². The molecule has 1 fully saturated rings. The number of hydrogen-bond acceptors (Lipinski definition) is 6. The van der Waals surface area contributed by atoms with Gasteiger partial charge >= 0.3 is 5.97 Å². The van der Waals surface area contributed by atoms with Gasteiger partial charge in [-0.25, -0.2) is 4.79 Å². The number of likely N-dealkylation sites (tertiary alicyclic amines) is 1. The molecule has 1 saturated heterocycles. The van der Waals surface area contributed by atoms with E-state index in [0.717, 1.165) is 16.7 Å². The van der Waals surface area contributed by atoms with Gasteiger partial charge in [0.2, 0.25) is 11.8 Å². The Bertz CT molecular complexity index is 1180. The van der Waals surface area contributed by atoms with E-state index in [4.69, 9.17) is 15.2 Å². The van der Waals surface area contributed by atoms with Crippen molar-refractivity contribution in [3.05, 3.63) is 77.4 Å². The second-order valence-corrected chi connectivity index (χ2v) is 10.3. The van der Waals surface area contributed by atoms with Crippen molar-refractivity contribution in [3.63, 3.8) is 0 Å². The van der Waals surface area contributed by atoms with E-state index in [2.05, 4.69) is 5.32 Å². The topological polar surface area (TPSA) is 111 Å². The minimum Gasteiger partial charge on any atom is -0.465 e. The number of nitrogens with two attached hydrogens (primary N) is 1. The monoisotopic (exact) mass is 541 g/mol. The smallest absolute Gasteiger partial charge is 0.338 e. The van der Waals surface area contributed by atoms with E-state index in [9.17, 15) is 14.4 Å². The largest absolute Gasteiger partial charge is 0.465 e. The lowest BCUT2D eigenvalue weighted by molar-refractivity contribution is -0.140. The summed E-state index contributed by atoms with van der Waals surface area (Å²) in [6.45, 7) is 4.52. The van der Waals surface area contributed by atoms with Crippen molar-refractivity contribution in [1.29, 1.82) is 0 Å². The van der Waals surface area contributed by atoms with E-state index < -0.39 is 17.5 Å². The number of benzene rings is 2. The van der Waals surface area contributed by atoms with Crippen LogP contribution in [0.15, 0.2) is 60.7 Å². The van der Waals surface area contributed by atoms with Crippen molar-refractivity contribution in [3.8, 4) is 0 Å². The highest BCUT2D eigenvalue weighted by Crippen LogP contribution is 2.47. The highest BCUT2D eigenvalue weighted by atomic mass is 35.5. The Morgan fingerprint density at radius 1 is 1.05 bits per heavy atom. The lowest BCUT2D eigenvalue weighted by atomic mass is 9.74. The number of rotatable bonds is 8. The third-order valence-electron chi connectivity index (χ3n) is 7.13. The molecule has 2 aromatic carbocycles. The lowest BCUT2D eigenvalue weighted by Crippen LogP contribution is -2.59. The zero-order chi connectivity index (χ0) is 26.6. The van der Waals surface area contributed by atoms with Gasteiger partial charge in [-0.05, 0) is 43.4 Å². The van der Waals surface area contributed by atoms with E-state index in [1.54, 1.807) is 18.7 Å². The average Bonchev–Trinajstić information content (AvgIpc) is 3.21. The molecule has 2 aromatic rings. The number of amides is 2. The van der Waals surface area contributed by atoms with Gasteiger partial charge in [0.1, 0.15) is 6.04 Å². The SMILES string of the molecule is COC(=O)C1=CC2(CCN(C(=O)C(COCc3ccccc3)NC(=O)C(C)(C)N)CC2)c2ccccc21.Cl. The number of methoxy groups -OCH3 is 1. The third-order valence-corrected chi connectivity index (χ3v) is 7.13. The molecule has 1 aliphatic carbocycles. The highest BCUT2D eigenvalue weighted by molar-refractivity contribution is 6.18. The number of nitrogens with zero attached hydrogens (tertiary/aromatic N) is 1. The summed E-state index contributed by atoms with van der Waals surface area (Å²) in [5.41, 5.74) is 8.03. The number of fused-ring (bicyclic) bond motifs is 2. The maximum Gasteiger partial charge on any atom is 0.338 e. The van der Waals surface area contributed by atoms with Gasteiger partial charge < -0.3 is 25.4 Å². The van der Waals surface area contributed by atoms with Gasteiger partial charge in [0.25, 0.3) is 0 Å². The standard InChI is InChI=1S/C29H35N3O5.ClH/c1-28(2,30)27(35)31-24(19-37-18-20-9-5-4-6-10-20)25(33)32-15-13-29(14-16-32)17-22(26(34)36-3)21-11-7-8-12-23(21)29;/h4-12,17,24H,13-16,18-19,30H2,1-3H3,(H,31,35);1H. The second-order valence-electron chi connectivity index (χ2n) is 10.3. The first kappa shape index (κ1) is 29.4. The van der Waals surface area contributed by atoms with E-state index >= 15 is 0 Å². The zero-order valence-electron chi connectivity index (χ0n) is 22.1. The van der Waals surface area contributed by atoms with Gasteiger partial charge in [-0.15, -0.1) is 12.4 Å². The molecular weight excluding hydrogens is 506 g/mol. The number of ether oxygens (including phenoxy) is 2.